The fourth-order valence-electron chi connectivity index (χ4n) is 6.86. The van der Waals surface area contributed by atoms with Gasteiger partial charge in [0.1, 0.15) is 47.7 Å². The third kappa shape index (κ3) is 5.19. The van der Waals surface area contributed by atoms with E-state index in [4.69, 9.17) is 23.9 Å². The summed E-state index contributed by atoms with van der Waals surface area (Å²) < 4.78 is 26.8. The van der Waals surface area contributed by atoms with Gasteiger partial charge in [0.25, 0.3) is 5.91 Å². The van der Waals surface area contributed by atoms with Crippen LogP contribution in [0.25, 0.3) is 11.2 Å². The Morgan fingerprint density at radius 2 is 1.43 bits per heavy atom. The number of aromatic nitrogens is 4. The van der Waals surface area contributed by atoms with E-state index in [1.165, 1.54) is 6.33 Å². The molecule has 0 aliphatic carbocycles. The lowest BCUT2D eigenvalue weighted by atomic mass is 9.79. The quantitative estimate of drug-likeness (QED) is 0.186. The zero-order chi connectivity index (χ0) is 33.5. The molecule has 1 fully saturated rings. The van der Waals surface area contributed by atoms with Crippen LogP contribution in [-0.4, -0.2) is 57.0 Å². The first-order valence-electron chi connectivity index (χ1n) is 16.0. The van der Waals surface area contributed by atoms with Crippen molar-refractivity contribution in [3.63, 3.8) is 0 Å². The molecule has 2 bridgehead atoms. The van der Waals surface area contributed by atoms with Gasteiger partial charge < -0.3 is 29.4 Å². The van der Waals surface area contributed by atoms with E-state index in [1.807, 2.05) is 89.5 Å². The number of methoxy groups -OCH3 is 2. The van der Waals surface area contributed by atoms with Crippen molar-refractivity contribution in [1.29, 1.82) is 0 Å². The van der Waals surface area contributed by atoms with E-state index in [0.29, 0.717) is 40.5 Å². The molecule has 0 spiro atoms. The first-order valence-corrected chi connectivity index (χ1v) is 16.0. The van der Waals surface area contributed by atoms with Crippen molar-refractivity contribution in [3.8, 4) is 11.5 Å². The highest BCUT2D eigenvalue weighted by atomic mass is 16.6. The highest BCUT2D eigenvalue weighted by molar-refractivity contribution is 6.06. The molecule has 2 aliphatic heterocycles. The molecule has 4 atom stereocenters. The summed E-state index contributed by atoms with van der Waals surface area (Å²) >= 11 is 0. The molecule has 246 valence electrons. The maximum absolute atomic E-state index is 13.2. The summed E-state index contributed by atoms with van der Waals surface area (Å²) in [7, 11) is 3.25. The number of amides is 1. The van der Waals surface area contributed by atoms with Gasteiger partial charge in [0, 0.05) is 12.0 Å². The maximum Gasteiger partial charge on any atom is 0.256 e. The van der Waals surface area contributed by atoms with Crippen LogP contribution in [0.4, 0.5) is 5.82 Å². The number of imidazole rings is 1. The zero-order valence-corrected chi connectivity index (χ0v) is 26.8. The molecule has 1 saturated heterocycles. The lowest BCUT2D eigenvalue weighted by Gasteiger charge is -2.41. The van der Waals surface area contributed by atoms with E-state index in [-0.39, 0.29) is 11.7 Å². The molecule has 8 rings (SSSR count). The number of benzene rings is 4. The van der Waals surface area contributed by atoms with Gasteiger partial charge in [0.05, 0.1) is 20.3 Å². The lowest BCUT2D eigenvalue weighted by Crippen LogP contribution is -2.42. The molecule has 0 saturated carbocycles. The Balaban J connectivity index is 1.31. The minimum Gasteiger partial charge on any atom is -0.497 e. The summed E-state index contributed by atoms with van der Waals surface area (Å²) in [6.07, 6.45) is -1.32. The smallest absolute Gasteiger partial charge is 0.256 e. The summed E-state index contributed by atoms with van der Waals surface area (Å²) in [6.45, 7) is 0. The predicted molar refractivity (Wildman–Crippen MR) is 180 cm³/mol. The van der Waals surface area contributed by atoms with Crippen LogP contribution >= 0.6 is 0 Å². The average Bonchev–Trinajstić information content (AvgIpc) is 3.72. The molecule has 2 aliphatic rings. The Bertz CT molecular complexity index is 2060. The van der Waals surface area contributed by atoms with Gasteiger partial charge in [-0.15, -0.1) is 0 Å². The molecule has 6 aromatic rings. The molecule has 11 heteroatoms. The maximum atomic E-state index is 13.2. The number of carbonyl (C=O) groups excluding carboxylic acids is 1. The molecule has 49 heavy (non-hydrogen) atoms. The SMILES string of the molecule is COc1ccc(C(O[C@H]2c3nc4c(NC(=O)c5ccccc5)ncnc4n3[C@H]3C[C@H](O)[C@H]2O3)(c2ccccc2)c2ccc(OC)cc2)cc1. The number of nitrogens with zero attached hydrogens (tertiary/aromatic N) is 4. The third-order valence-electron chi connectivity index (χ3n) is 9.23. The second-order valence-electron chi connectivity index (χ2n) is 12.0. The Hall–Kier alpha value is -5.62. The molecular weight excluding hydrogens is 622 g/mol. The van der Waals surface area contributed by atoms with Crippen LogP contribution in [0.5, 0.6) is 11.5 Å². The first-order chi connectivity index (χ1) is 24.0. The Morgan fingerprint density at radius 1 is 0.837 bits per heavy atom. The normalized spacial score (nSPS) is 19.7. The van der Waals surface area contributed by atoms with Gasteiger partial charge in [0.2, 0.25) is 0 Å². The van der Waals surface area contributed by atoms with Gasteiger partial charge in [0.15, 0.2) is 17.0 Å². The number of fused-ring (bicyclic) bond motifs is 6. The highest BCUT2D eigenvalue weighted by Crippen LogP contribution is 2.51. The van der Waals surface area contributed by atoms with Crippen molar-refractivity contribution in [1.82, 2.24) is 19.5 Å². The summed E-state index contributed by atoms with van der Waals surface area (Å²) in [5.41, 5.74) is 2.59. The third-order valence-corrected chi connectivity index (χ3v) is 9.23. The minimum atomic E-state index is -1.22. The van der Waals surface area contributed by atoms with Crippen LogP contribution in [0, 0.1) is 0 Å². The number of aliphatic hydroxyl groups excluding tert-OH is 1. The minimum absolute atomic E-state index is 0.260. The topological polar surface area (TPSA) is 130 Å². The van der Waals surface area contributed by atoms with Crippen molar-refractivity contribution in [2.45, 2.75) is 36.6 Å². The van der Waals surface area contributed by atoms with Crippen LogP contribution < -0.4 is 14.8 Å². The van der Waals surface area contributed by atoms with Crippen molar-refractivity contribution in [2.24, 2.45) is 0 Å². The first kappa shape index (κ1) is 30.7. The molecule has 2 aromatic heterocycles. The molecule has 0 radical (unpaired) electrons. The number of anilines is 1. The van der Waals surface area contributed by atoms with Gasteiger partial charge in [-0.1, -0.05) is 72.8 Å². The van der Waals surface area contributed by atoms with Crippen molar-refractivity contribution < 1.29 is 28.8 Å². The van der Waals surface area contributed by atoms with Crippen molar-refractivity contribution in [2.75, 3.05) is 19.5 Å². The Labute approximate surface area is 282 Å². The van der Waals surface area contributed by atoms with E-state index in [9.17, 15) is 9.90 Å². The van der Waals surface area contributed by atoms with E-state index in [1.54, 1.807) is 38.5 Å². The number of hydrogen-bond acceptors (Lipinski definition) is 9. The van der Waals surface area contributed by atoms with E-state index in [2.05, 4.69) is 15.3 Å². The van der Waals surface area contributed by atoms with Crippen LogP contribution in [0.1, 0.15) is 51.6 Å². The lowest BCUT2D eigenvalue weighted by molar-refractivity contribution is -0.168. The van der Waals surface area contributed by atoms with Crippen LogP contribution in [-0.2, 0) is 15.1 Å². The number of nitrogens with one attached hydrogen (secondary N) is 1. The fourth-order valence-corrected chi connectivity index (χ4v) is 6.86. The van der Waals surface area contributed by atoms with E-state index in [0.717, 1.165) is 16.7 Å². The standard InChI is InChI=1S/C38H33N5O6/c1-46-27-17-13-25(14-18-27)38(24-11-7-4-8-12-24,26-15-19-28(47-2)20-16-26)49-33-32-29(44)21-30(48-32)43-35-31(41-36(33)43)34(39-22-40-35)42-37(45)23-9-5-3-6-10-23/h3-20,22,29-30,32-33,44H,21H2,1-2H3,(H,39,40,42,45)/t29-,30+,32+,33+/m0/s1. The molecular formula is C38H33N5O6. The fraction of sp³-hybridized carbons (Fsp3) is 0.211. The molecule has 2 N–H and O–H groups in total. The molecule has 0 unspecified atom stereocenters. The zero-order valence-electron chi connectivity index (χ0n) is 26.8. The summed E-state index contributed by atoms with van der Waals surface area (Å²) in [5.74, 6) is 1.83. The largest absolute Gasteiger partial charge is 0.497 e. The Morgan fingerprint density at radius 3 is 2.04 bits per heavy atom. The number of hydrogen-bond donors (Lipinski definition) is 2. The summed E-state index contributed by atoms with van der Waals surface area (Å²) in [4.78, 5) is 27.2. The van der Waals surface area contributed by atoms with Gasteiger partial charge in [-0.25, -0.2) is 15.0 Å². The monoisotopic (exact) mass is 655 g/mol. The van der Waals surface area contributed by atoms with Gasteiger partial charge in [-0.2, -0.15) is 0 Å². The number of ether oxygens (including phenoxy) is 4. The summed E-state index contributed by atoms with van der Waals surface area (Å²) in [5, 5.41) is 14.3. The van der Waals surface area contributed by atoms with Crippen molar-refractivity contribution >= 4 is 22.9 Å². The molecule has 4 aromatic carbocycles. The number of rotatable bonds is 9. The van der Waals surface area contributed by atoms with Gasteiger partial charge in [-0.05, 0) is 53.1 Å². The predicted octanol–water partition coefficient (Wildman–Crippen LogP) is 5.81. The van der Waals surface area contributed by atoms with Gasteiger partial charge in [-0.3, -0.25) is 9.36 Å². The molecule has 11 nitrogen and oxygen atoms in total. The van der Waals surface area contributed by atoms with Crippen molar-refractivity contribution in [3.05, 3.63) is 144 Å². The molecule has 4 heterocycles. The number of aliphatic hydroxyl groups is 1. The molecule has 1 amide bonds. The number of carbonyl (C=O) groups is 1. The van der Waals surface area contributed by atoms with E-state index >= 15 is 0 Å². The second kappa shape index (κ2) is 12.4. The average molecular weight is 656 g/mol. The summed E-state index contributed by atoms with van der Waals surface area (Å²) in [6, 6.07) is 34.3. The van der Waals surface area contributed by atoms with Crippen LogP contribution in [0.2, 0.25) is 0 Å². The Kier molecular flexibility index (Phi) is 7.79. The van der Waals surface area contributed by atoms with Crippen LogP contribution in [0.3, 0.4) is 0 Å². The highest BCUT2D eigenvalue weighted by Gasteiger charge is 2.53. The second-order valence-corrected chi connectivity index (χ2v) is 12.0. The van der Waals surface area contributed by atoms with Crippen LogP contribution in [0.15, 0.2) is 116 Å². The van der Waals surface area contributed by atoms with E-state index < -0.39 is 30.1 Å². The van der Waals surface area contributed by atoms with Gasteiger partial charge >= 0.3 is 0 Å².